The van der Waals surface area contributed by atoms with Crippen LogP contribution in [0.5, 0.6) is 0 Å². The Balaban J connectivity index is 4.37. The summed E-state index contributed by atoms with van der Waals surface area (Å²) in [5.41, 5.74) is -1.34. The summed E-state index contributed by atoms with van der Waals surface area (Å²) in [6.07, 6.45) is -0.104. The van der Waals surface area contributed by atoms with Crippen LogP contribution in [-0.2, 0) is 23.9 Å². The number of esters is 3. The van der Waals surface area contributed by atoms with E-state index >= 15 is 0 Å². The van der Waals surface area contributed by atoms with Crippen LogP contribution in [0.2, 0.25) is 0 Å². The maximum atomic E-state index is 11.7. The Morgan fingerprint density at radius 1 is 1.00 bits per heavy atom. The molecular weight excluding hydrogens is 248 g/mol. The molecule has 0 saturated heterocycles. The maximum absolute atomic E-state index is 11.7. The molecular formula is C14H24O5. The molecule has 0 aliphatic heterocycles. The molecule has 0 aromatic heterocycles. The molecule has 0 aromatic carbocycles. The predicted molar refractivity (Wildman–Crippen MR) is 70.2 cm³/mol. The van der Waals surface area contributed by atoms with Crippen LogP contribution < -0.4 is 0 Å². The minimum Gasteiger partial charge on any atom is -0.460 e. The van der Waals surface area contributed by atoms with Crippen LogP contribution in [0, 0.1) is 11.3 Å². The lowest BCUT2D eigenvalue weighted by molar-refractivity contribution is -0.171. The Labute approximate surface area is 114 Å². The first-order chi connectivity index (χ1) is 8.33. The molecule has 0 aromatic rings. The van der Waals surface area contributed by atoms with Crippen molar-refractivity contribution in [3.05, 3.63) is 0 Å². The molecule has 1 atom stereocenters. The second-order valence-electron chi connectivity index (χ2n) is 6.65. The Morgan fingerprint density at radius 2 is 1.47 bits per heavy atom. The van der Waals surface area contributed by atoms with Gasteiger partial charge in [0.25, 0.3) is 0 Å². The first-order valence-corrected chi connectivity index (χ1v) is 6.31. The highest BCUT2D eigenvalue weighted by molar-refractivity contribution is 5.90. The summed E-state index contributed by atoms with van der Waals surface area (Å²) in [5.74, 6) is -2.50. The van der Waals surface area contributed by atoms with Crippen LogP contribution in [0.3, 0.4) is 0 Å². The molecule has 0 N–H and O–H groups in total. The lowest BCUT2D eigenvalue weighted by atomic mass is 9.97. The van der Waals surface area contributed by atoms with Gasteiger partial charge in [0.05, 0.1) is 17.8 Å². The van der Waals surface area contributed by atoms with Crippen molar-refractivity contribution >= 4 is 17.9 Å². The van der Waals surface area contributed by atoms with Gasteiger partial charge >= 0.3 is 17.9 Å². The standard InChI is InChI=1S/C14H24O5/c1-9(8-10(15)19-14(5,6)7)11(16)18-12(17)13(2,3)4/h9H,8H2,1-7H3/t9-/m1/s1. The highest BCUT2D eigenvalue weighted by atomic mass is 16.6. The van der Waals surface area contributed by atoms with E-state index < -0.39 is 34.8 Å². The predicted octanol–water partition coefficient (Wildman–Crippen LogP) is 2.47. The molecule has 0 aliphatic carbocycles. The number of rotatable bonds is 3. The van der Waals surface area contributed by atoms with Crippen LogP contribution in [0.4, 0.5) is 0 Å². The highest BCUT2D eigenvalue weighted by Crippen LogP contribution is 2.18. The molecule has 0 amide bonds. The number of hydrogen-bond donors (Lipinski definition) is 0. The van der Waals surface area contributed by atoms with E-state index in [0.717, 1.165) is 0 Å². The average Bonchev–Trinajstić information content (AvgIpc) is 2.12. The summed E-state index contributed by atoms with van der Waals surface area (Å²) < 4.78 is 9.82. The Hall–Kier alpha value is -1.39. The van der Waals surface area contributed by atoms with Crippen molar-refractivity contribution in [1.29, 1.82) is 0 Å². The van der Waals surface area contributed by atoms with Gasteiger partial charge in [-0.2, -0.15) is 0 Å². The van der Waals surface area contributed by atoms with E-state index in [1.165, 1.54) is 6.92 Å². The third kappa shape index (κ3) is 7.59. The molecule has 0 fully saturated rings. The monoisotopic (exact) mass is 272 g/mol. The Bertz CT molecular complexity index is 357. The van der Waals surface area contributed by atoms with E-state index in [-0.39, 0.29) is 6.42 Å². The van der Waals surface area contributed by atoms with E-state index in [9.17, 15) is 14.4 Å². The molecule has 5 nitrogen and oxygen atoms in total. The van der Waals surface area contributed by atoms with Gasteiger partial charge in [0.15, 0.2) is 0 Å². The van der Waals surface area contributed by atoms with Crippen molar-refractivity contribution in [2.24, 2.45) is 11.3 Å². The van der Waals surface area contributed by atoms with Crippen molar-refractivity contribution < 1.29 is 23.9 Å². The fraction of sp³-hybridized carbons (Fsp3) is 0.786. The third-order valence-electron chi connectivity index (χ3n) is 2.10. The quantitative estimate of drug-likeness (QED) is 0.583. The van der Waals surface area contributed by atoms with Crippen molar-refractivity contribution in [1.82, 2.24) is 0 Å². The van der Waals surface area contributed by atoms with Gasteiger partial charge in [-0.1, -0.05) is 6.92 Å². The van der Waals surface area contributed by atoms with Gasteiger partial charge in [0, 0.05) is 0 Å². The molecule has 0 spiro atoms. The van der Waals surface area contributed by atoms with Gasteiger partial charge in [-0.3, -0.25) is 14.4 Å². The van der Waals surface area contributed by atoms with Crippen molar-refractivity contribution in [3.8, 4) is 0 Å². The fourth-order valence-corrected chi connectivity index (χ4v) is 1.06. The lowest BCUT2D eigenvalue weighted by Crippen LogP contribution is -2.30. The summed E-state index contributed by atoms with van der Waals surface area (Å²) >= 11 is 0. The maximum Gasteiger partial charge on any atom is 0.318 e. The van der Waals surface area contributed by atoms with Gasteiger partial charge in [-0.15, -0.1) is 0 Å². The first-order valence-electron chi connectivity index (χ1n) is 6.31. The van der Waals surface area contributed by atoms with Gasteiger partial charge in [0.1, 0.15) is 5.60 Å². The van der Waals surface area contributed by atoms with Gasteiger partial charge in [-0.25, -0.2) is 0 Å². The van der Waals surface area contributed by atoms with E-state index in [1.807, 2.05) is 0 Å². The number of ether oxygens (including phenoxy) is 2. The van der Waals surface area contributed by atoms with Gasteiger partial charge in [-0.05, 0) is 41.5 Å². The number of carbonyl (C=O) groups is 3. The third-order valence-corrected chi connectivity index (χ3v) is 2.10. The summed E-state index contributed by atoms with van der Waals surface area (Å²) in [4.78, 5) is 34.7. The molecule has 110 valence electrons. The van der Waals surface area contributed by atoms with Crippen LogP contribution in [-0.4, -0.2) is 23.5 Å². The topological polar surface area (TPSA) is 69.7 Å². The zero-order valence-electron chi connectivity index (χ0n) is 12.8. The summed E-state index contributed by atoms with van der Waals surface area (Å²) in [5, 5.41) is 0. The summed E-state index contributed by atoms with van der Waals surface area (Å²) in [6.45, 7) is 11.7. The van der Waals surface area contributed by atoms with E-state index in [0.29, 0.717) is 0 Å². The van der Waals surface area contributed by atoms with Crippen molar-refractivity contribution in [3.63, 3.8) is 0 Å². The molecule has 0 aliphatic rings. The van der Waals surface area contributed by atoms with Gasteiger partial charge in [0.2, 0.25) is 0 Å². The number of hydrogen-bond acceptors (Lipinski definition) is 5. The fourth-order valence-electron chi connectivity index (χ4n) is 1.06. The van der Waals surface area contributed by atoms with Crippen molar-refractivity contribution in [2.45, 2.75) is 60.5 Å². The summed E-state index contributed by atoms with van der Waals surface area (Å²) in [7, 11) is 0. The lowest BCUT2D eigenvalue weighted by Gasteiger charge is -2.21. The molecule has 0 heterocycles. The minimum absolute atomic E-state index is 0.104. The SMILES string of the molecule is C[C@H](CC(=O)OC(C)(C)C)C(=O)OC(=O)C(C)(C)C. The average molecular weight is 272 g/mol. The van der Waals surface area contributed by atoms with E-state index in [1.54, 1.807) is 41.5 Å². The van der Waals surface area contributed by atoms with Crippen molar-refractivity contribution in [2.75, 3.05) is 0 Å². The number of carbonyl (C=O) groups excluding carboxylic acids is 3. The Kier molecular flexibility index (Phi) is 5.72. The molecule has 5 heteroatoms. The highest BCUT2D eigenvalue weighted by Gasteiger charge is 2.29. The van der Waals surface area contributed by atoms with Crippen LogP contribution in [0.1, 0.15) is 54.9 Å². The zero-order chi connectivity index (χ0) is 15.4. The first kappa shape index (κ1) is 17.6. The van der Waals surface area contributed by atoms with E-state index in [4.69, 9.17) is 9.47 Å². The second kappa shape index (κ2) is 6.17. The normalized spacial score (nSPS) is 13.6. The Morgan fingerprint density at radius 3 is 1.84 bits per heavy atom. The molecule has 0 bridgehead atoms. The smallest absolute Gasteiger partial charge is 0.318 e. The molecule has 0 unspecified atom stereocenters. The van der Waals surface area contributed by atoms with E-state index in [2.05, 4.69) is 0 Å². The summed E-state index contributed by atoms with van der Waals surface area (Å²) in [6, 6.07) is 0. The van der Waals surface area contributed by atoms with Crippen LogP contribution in [0.25, 0.3) is 0 Å². The largest absolute Gasteiger partial charge is 0.460 e. The molecule has 19 heavy (non-hydrogen) atoms. The van der Waals surface area contributed by atoms with Crippen LogP contribution in [0.15, 0.2) is 0 Å². The zero-order valence-corrected chi connectivity index (χ0v) is 12.8. The molecule has 0 rings (SSSR count). The molecule has 0 radical (unpaired) electrons. The minimum atomic E-state index is -0.749. The second-order valence-corrected chi connectivity index (χ2v) is 6.65. The molecule has 0 saturated carbocycles. The van der Waals surface area contributed by atoms with Crippen LogP contribution >= 0.6 is 0 Å². The van der Waals surface area contributed by atoms with Gasteiger partial charge < -0.3 is 9.47 Å².